The van der Waals surface area contributed by atoms with E-state index in [1.165, 1.54) is 97.1 Å². The molecule has 0 aliphatic heterocycles. The summed E-state index contributed by atoms with van der Waals surface area (Å²) >= 11 is 0. The molecule has 0 saturated heterocycles. The van der Waals surface area contributed by atoms with E-state index in [9.17, 15) is 35.1 Å². The van der Waals surface area contributed by atoms with Crippen molar-refractivity contribution in [2.75, 3.05) is 39.5 Å². The Kier molecular flexibility index (Phi) is 33.4. The number of nitrogens with two attached hydrogens (primary N) is 8. The molecule has 0 bridgehead atoms. The van der Waals surface area contributed by atoms with Gasteiger partial charge in [-0.2, -0.15) is 0 Å². The van der Waals surface area contributed by atoms with Gasteiger partial charge in [0.15, 0.2) is 0 Å². The fourth-order valence-corrected chi connectivity index (χ4v) is 12.2. The molecular formula is C94H100F8N8O3. The molecule has 590 valence electrons. The van der Waals surface area contributed by atoms with Gasteiger partial charge >= 0.3 is 0 Å². The average molecular weight is 1540 g/mol. The van der Waals surface area contributed by atoms with Gasteiger partial charge in [0, 0.05) is 36.8 Å². The monoisotopic (exact) mass is 1540 g/mol. The molecule has 0 amide bonds. The molecule has 0 fully saturated rings. The molecule has 12 aromatic rings. The Morgan fingerprint density at radius 1 is 0.248 bits per heavy atom. The number of hydrogen-bond donors (Lipinski definition) is 8. The van der Waals surface area contributed by atoms with E-state index in [2.05, 4.69) is 26.0 Å². The zero-order valence-corrected chi connectivity index (χ0v) is 63.6. The summed E-state index contributed by atoms with van der Waals surface area (Å²) in [6, 6.07) is 73.8. The van der Waals surface area contributed by atoms with Crippen LogP contribution in [0.5, 0.6) is 17.2 Å². The highest BCUT2D eigenvalue weighted by Gasteiger charge is 2.17. The first kappa shape index (κ1) is 86.1. The van der Waals surface area contributed by atoms with Crippen LogP contribution < -0.4 is 60.1 Å². The van der Waals surface area contributed by atoms with E-state index in [1.807, 2.05) is 60.7 Å². The van der Waals surface area contributed by atoms with Crippen LogP contribution in [-0.4, -0.2) is 69.7 Å². The van der Waals surface area contributed by atoms with Gasteiger partial charge in [-0.25, -0.2) is 35.1 Å². The molecule has 0 aliphatic carbocycles. The third-order valence-electron chi connectivity index (χ3n) is 18.9. The molecule has 0 spiro atoms. The number of ether oxygens (including phenoxy) is 3. The van der Waals surface area contributed by atoms with Crippen LogP contribution in [0, 0.1) is 52.5 Å². The Hall–Kier alpha value is -10.8. The summed E-state index contributed by atoms with van der Waals surface area (Å²) in [5.41, 5.74) is 62.5. The number of rotatable bonds is 31. The predicted molar refractivity (Wildman–Crippen MR) is 443 cm³/mol. The standard InChI is InChI=1S/C26H30F2N2O.2C23H24F2N2O.C22H22F2N2/c1-17(2)26(30)12-11-24(29)16-31-25-14-20(18-3-7-22(27)8-4-18)13-21(15-25)19-5-9-23(28)10-6-19;2*24-20-7-3-16(4-8-20)18-12-19(17-5-9-21(25)10-6-17)14-23(13-18)28-15-22(27)2-1-11-26;23-20-6-2-16(3-7-20)18-11-15(1-10-22(26)14-25)12-19(13-18)17-4-8-21(24)9-5-17/h3-10,13-15,17,24,26H,11-12,16,29-30H2,1-2H3;2*3-10,12-14,22H,1-2,11,15,26-27H2;2-9,11-13,22H,1,10,14,25-26H2/t24-,26?;3*22-/m0101/s1. The molecule has 11 nitrogen and oxygen atoms in total. The van der Waals surface area contributed by atoms with E-state index < -0.39 is 0 Å². The van der Waals surface area contributed by atoms with Gasteiger partial charge in [0.2, 0.25) is 0 Å². The Balaban J connectivity index is 0.000000173. The van der Waals surface area contributed by atoms with E-state index in [-0.39, 0.29) is 76.7 Å². The molecule has 12 rings (SSSR count). The maximum absolute atomic E-state index is 13.4. The van der Waals surface area contributed by atoms with Gasteiger partial charge in [-0.15, -0.1) is 0 Å². The molecule has 5 atom stereocenters. The first-order chi connectivity index (χ1) is 54.5. The van der Waals surface area contributed by atoms with Crippen molar-refractivity contribution >= 4 is 0 Å². The van der Waals surface area contributed by atoms with Crippen LogP contribution in [0.4, 0.5) is 35.1 Å². The molecule has 113 heavy (non-hydrogen) atoms. The van der Waals surface area contributed by atoms with Crippen molar-refractivity contribution in [2.24, 2.45) is 51.8 Å². The van der Waals surface area contributed by atoms with Crippen LogP contribution in [0.25, 0.3) is 89.0 Å². The molecule has 0 aliphatic rings. The highest BCUT2D eigenvalue weighted by atomic mass is 19.2. The zero-order chi connectivity index (χ0) is 80.8. The molecular weight excluding hydrogens is 1440 g/mol. The minimum Gasteiger partial charge on any atom is -0.492 e. The van der Waals surface area contributed by atoms with Crippen LogP contribution in [-0.2, 0) is 6.42 Å². The summed E-state index contributed by atoms with van der Waals surface area (Å²) in [5.74, 6) is 0.108. The average Bonchev–Trinajstić information content (AvgIpc) is 0.831. The second kappa shape index (κ2) is 43.8. The Bertz CT molecular complexity index is 4450. The van der Waals surface area contributed by atoms with E-state index in [4.69, 9.17) is 60.1 Å². The summed E-state index contributed by atoms with van der Waals surface area (Å²) in [6.07, 6.45) is 6.48. The van der Waals surface area contributed by atoms with Crippen LogP contribution in [0.3, 0.4) is 0 Å². The highest BCUT2D eigenvalue weighted by Crippen LogP contribution is 2.37. The normalized spacial score (nSPS) is 12.4. The van der Waals surface area contributed by atoms with Gasteiger partial charge in [0.25, 0.3) is 0 Å². The lowest BCUT2D eigenvalue weighted by molar-refractivity contribution is 0.274. The quantitative estimate of drug-likeness (QED) is 0.0190. The van der Waals surface area contributed by atoms with Gasteiger partial charge in [-0.05, 0) is 323 Å². The third-order valence-corrected chi connectivity index (χ3v) is 18.9. The molecule has 0 saturated carbocycles. The SMILES string of the molecule is CC(C)C(N)CC[C@H](N)COc1cc(-c2ccc(F)cc2)cc(-c2ccc(F)cc2)c1.NCCC[C@@H](N)COc1cc(-c2ccc(F)cc2)cc(-c2ccc(F)cc2)c1.NCCC[C@H](N)COc1cc(-c2ccc(F)cc2)cc(-c2ccc(F)cc2)c1.NC[C@H](N)CCc1cc(-c2ccc(F)cc2)cc(-c2ccc(F)cc2)c1. The maximum Gasteiger partial charge on any atom is 0.123 e. The minimum atomic E-state index is -0.291. The highest BCUT2D eigenvalue weighted by molar-refractivity contribution is 5.79. The van der Waals surface area contributed by atoms with Crippen molar-refractivity contribution in [3.8, 4) is 106 Å². The van der Waals surface area contributed by atoms with Crippen LogP contribution >= 0.6 is 0 Å². The maximum atomic E-state index is 13.4. The van der Waals surface area contributed by atoms with Crippen molar-refractivity contribution in [3.05, 3.63) is 319 Å². The molecule has 19 heteroatoms. The lowest BCUT2D eigenvalue weighted by atomic mass is 9.94. The van der Waals surface area contributed by atoms with E-state index >= 15 is 0 Å². The van der Waals surface area contributed by atoms with E-state index in [1.54, 1.807) is 97.1 Å². The molecule has 12 aromatic carbocycles. The largest absolute Gasteiger partial charge is 0.492 e. The van der Waals surface area contributed by atoms with Crippen LogP contribution in [0.2, 0.25) is 0 Å². The third kappa shape index (κ3) is 28.1. The summed E-state index contributed by atoms with van der Waals surface area (Å²) in [7, 11) is 0. The van der Waals surface area contributed by atoms with Crippen molar-refractivity contribution in [1.82, 2.24) is 0 Å². The molecule has 0 radical (unpaired) electrons. The lowest BCUT2D eigenvalue weighted by Crippen LogP contribution is -2.33. The number of halogens is 8. The molecule has 0 aromatic heterocycles. The summed E-state index contributed by atoms with van der Waals surface area (Å²) < 4.78 is 124. The van der Waals surface area contributed by atoms with Crippen LogP contribution in [0.1, 0.15) is 64.4 Å². The first-order valence-electron chi connectivity index (χ1n) is 37.9. The van der Waals surface area contributed by atoms with Crippen molar-refractivity contribution in [1.29, 1.82) is 0 Å². The van der Waals surface area contributed by atoms with Crippen molar-refractivity contribution < 1.29 is 49.3 Å². The van der Waals surface area contributed by atoms with Gasteiger partial charge in [-0.3, -0.25) is 0 Å². The van der Waals surface area contributed by atoms with Crippen LogP contribution in [0.15, 0.2) is 267 Å². The number of aryl methyl sites for hydroxylation is 1. The molecule has 16 N–H and O–H groups in total. The minimum absolute atomic E-state index is 0.0428. The molecule has 1 unspecified atom stereocenters. The van der Waals surface area contributed by atoms with Gasteiger partial charge in [-0.1, -0.05) is 123 Å². The smallest absolute Gasteiger partial charge is 0.123 e. The summed E-state index contributed by atoms with van der Waals surface area (Å²) in [4.78, 5) is 0. The Labute approximate surface area is 657 Å². The summed E-state index contributed by atoms with van der Waals surface area (Å²) in [5, 5.41) is 0. The Morgan fingerprint density at radius 3 is 0.664 bits per heavy atom. The predicted octanol–water partition coefficient (Wildman–Crippen LogP) is 19.8. The van der Waals surface area contributed by atoms with E-state index in [0.29, 0.717) is 62.6 Å². The van der Waals surface area contributed by atoms with Crippen molar-refractivity contribution in [2.45, 2.75) is 95.4 Å². The van der Waals surface area contributed by atoms with Gasteiger partial charge in [0.05, 0.1) is 0 Å². The number of benzene rings is 12. The summed E-state index contributed by atoms with van der Waals surface area (Å²) in [6.45, 7) is 6.95. The molecule has 0 heterocycles. The lowest BCUT2D eigenvalue weighted by Gasteiger charge is -2.19. The van der Waals surface area contributed by atoms with Gasteiger partial charge in [0.1, 0.15) is 83.6 Å². The van der Waals surface area contributed by atoms with Gasteiger partial charge < -0.3 is 60.1 Å². The second-order valence-corrected chi connectivity index (χ2v) is 28.3. The fraction of sp³-hybridized carbons (Fsp3) is 0.234. The second-order valence-electron chi connectivity index (χ2n) is 28.3. The van der Waals surface area contributed by atoms with Crippen molar-refractivity contribution in [3.63, 3.8) is 0 Å². The first-order valence-corrected chi connectivity index (χ1v) is 37.9. The van der Waals surface area contributed by atoms with E-state index in [0.717, 1.165) is 146 Å². The Morgan fingerprint density at radius 2 is 0.460 bits per heavy atom. The zero-order valence-electron chi connectivity index (χ0n) is 63.6. The number of hydrogen-bond acceptors (Lipinski definition) is 11. The topological polar surface area (TPSA) is 236 Å². The fourth-order valence-electron chi connectivity index (χ4n) is 12.2.